The highest BCUT2D eigenvalue weighted by Crippen LogP contribution is 2.24. The average Bonchev–Trinajstić information content (AvgIpc) is 2.58. The van der Waals surface area contributed by atoms with Crippen molar-refractivity contribution in [2.75, 3.05) is 0 Å². The van der Waals surface area contributed by atoms with E-state index in [0.717, 1.165) is 0 Å². The molecule has 0 spiro atoms. The fraction of sp³-hybridized carbons (Fsp3) is 0.870. The molecule has 1 atom stereocenters. The smallest absolute Gasteiger partial charge is 0.333 e. The second-order valence-corrected chi connectivity index (χ2v) is 7.76. The van der Waals surface area contributed by atoms with E-state index in [9.17, 15) is 4.79 Å². The molecular formula is C23H44O2. The summed E-state index contributed by atoms with van der Waals surface area (Å²) >= 11 is 0. The van der Waals surface area contributed by atoms with Crippen LogP contribution in [0.3, 0.4) is 0 Å². The molecule has 0 amide bonds. The molecule has 2 nitrogen and oxygen atoms in total. The first-order valence-electron chi connectivity index (χ1n) is 10.9. The van der Waals surface area contributed by atoms with Crippen molar-refractivity contribution in [2.45, 2.75) is 124 Å². The lowest BCUT2D eigenvalue weighted by Gasteiger charge is -2.24. The molecule has 0 rings (SSSR count). The third-order valence-electron chi connectivity index (χ3n) is 5.16. The number of hydrogen-bond acceptors (Lipinski definition) is 2. The number of ether oxygens (including phenoxy) is 1. The maximum atomic E-state index is 11.8. The van der Waals surface area contributed by atoms with Gasteiger partial charge in [-0.2, -0.15) is 0 Å². The summed E-state index contributed by atoms with van der Waals surface area (Å²) in [5.41, 5.74) is 0.504. The molecule has 0 aromatic heterocycles. The Morgan fingerprint density at radius 1 is 0.800 bits per heavy atom. The van der Waals surface area contributed by atoms with E-state index < -0.39 is 0 Å². The van der Waals surface area contributed by atoms with Crippen LogP contribution in [0.1, 0.15) is 118 Å². The van der Waals surface area contributed by atoms with Crippen LogP contribution in [0.4, 0.5) is 0 Å². The van der Waals surface area contributed by atoms with Crippen molar-refractivity contribution in [1.29, 1.82) is 0 Å². The number of esters is 1. The Kier molecular flexibility index (Phi) is 16.1. The molecule has 0 fully saturated rings. The van der Waals surface area contributed by atoms with Gasteiger partial charge >= 0.3 is 5.97 Å². The Balaban J connectivity index is 4.20. The van der Waals surface area contributed by atoms with Crippen molar-refractivity contribution in [2.24, 2.45) is 5.92 Å². The number of carbonyl (C=O) groups is 1. The lowest BCUT2D eigenvalue weighted by Crippen LogP contribution is -2.24. The molecule has 0 N–H and O–H groups in total. The maximum absolute atomic E-state index is 11.8. The Morgan fingerprint density at radius 2 is 1.20 bits per heavy atom. The molecule has 0 bridgehead atoms. The zero-order valence-corrected chi connectivity index (χ0v) is 17.6. The maximum Gasteiger partial charge on any atom is 0.333 e. The summed E-state index contributed by atoms with van der Waals surface area (Å²) in [6, 6.07) is 0. The van der Waals surface area contributed by atoms with Crippen molar-refractivity contribution in [1.82, 2.24) is 0 Å². The van der Waals surface area contributed by atoms with E-state index in [1.165, 1.54) is 89.9 Å². The minimum Gasteiger partial charge on any atom is -0.459 e. The summed E-state index contributed by atoms with van der Waals surface area (Å²) in [4.78, 5) is 11.8. The van der Waals surface area contributed by atoms with Crippen LogP contribution in [-0.4, -0.2) is 12.1 Å². The standard InChI is InChI=1S/C23H44O2/c1-6-8-10-12-14-16-18-22(19-17-15-13-11-9-7-2)21(5)25-23(24)20(3)4/h21-22H,3,6-19H2,1-2,4-5H3. The van der Waals surface area contributed by atoms with E-state index in [0.29, 0.717) is 11.5 Å². The van der Waals surface area contributed by atoms with Crippen LogP contribution in [0.5, 0.6) is 0 Å². The largest absolute Gasteiger partial charge is 0.459 e. The second-order valence-electron chi connectivity index (χ2n) is 7.76. The van der Waals surface area contributed by atoms with Gasteiger partial charge in [0.1, 0.15) is 6.10 Å². The number of rotatable bonds is 17. The van der Waals surface area contributed by atoms with Gasteiger partial charge in [0.05, 0.1) is 0 Å². The SMILES string of the molecule is C=C(C)C(=O)OC(C)C(CCCCCCCC)CCCCCCCC. The first kappa shape index (κ1) is 24.2. The van der Waals surface area contributed by atoms with Crippen LogP contribution < -0.4 is 0 Å². The summed E-state index contributed by atoms with van der Waals surface area (Å²) in [5, 5.41) is 0. The van der Waals surface area contributed by atoms with Gasteiger partial charge in [0.25, 0.3) is 0 Å². The van der Waals surface area contributed by atoms with Crippen molar-refractivity contribution in [3.05, 3.63) is 12.2 Å². The van der Waals surface area contributed by atoms with Crippen LogP contribution >= 0.6 is 0 Å². The Labute approximate surface area is 157 Å². The zero-order valence-electron chi connectivity index (χ0n) is 17.6. The van der Waals surface area contributed by atoms with Gasteiger partial charge in [0.2, 0.25) is 0 Å². The van der Waals surface area contributed by atoms with Gasteiger partial charge in [-0.25, -0.2) is 4.79 Å². The van der Waals surface area contributed by atoms with Gasteiger partial charge in [0.15, 0.2) is 0 Å². The topological polar surface area (TPSA) is 26.3 Å². The molecule has 0 saturated carbocycles. The van der Waals surface area contributed by atoms with Crippen molar-refractivity contribution >= 4 is 5.97 Å². The van der Waals surface area contributed by atoms with Crippen molar-refractivity contribution in [3.63, 3.8) is 0 Å². The molecule has 148 valence electrons. The molecule has 25 heavy (non-hydrogen) atoms. The average molecular weight is 353 g/mol. The van der Waals surface area contributed by atoms with E-state index in [4.69, 9.17) is 4.74 Å². The minimum atomic E-state index is -0.233. The molecule has 0 aliphatic carbocycles. The molecule has 1 unspecified atom stereocenters. The third-order valence-corrected chi connectivity index (χ3v) is 5.16. The molecule has 0 saturated heterocycles. The fourth-order valence-corrected chi connectivity index (χ4v) is 3.35. The van der Waals surface area contributed by atoms with Crippen molar-refractivity contribution < 1.29 is 9.53 Å². The summed E-state index contributed by atoms with van der Waals surface area (Å²) in [5.74, 6) is 0.268. The first-order valence-corrected chi connectivity index (χ1v) is 10.9. The van der Waals surface area contributed by atoms with E-state index in [1.807, 2.05) is 0 Å². The minimum absolute atomic E-state index is 0.00971. The monoisotopic (exact) mass is 352 g/mol. The normalized spacial score (nSPS) is 12.4. The Morgan fingerprint density at radius 3 is 1.60 bits per heavy atom. The summed E-state index contributed by atoms with van der Waals surface area (Å²) in [6.07, 6.45) is 18.3. The lowest BCUT2D eigenvalue weighted by atomic mass is 9.90. The highest BCUT2D eigenvalue weighted by Gasteiger charge is 2.20. The molecule has 2 heteroatoms. The van der Waals surface area contributed by atoms with Crippen LogP contribution in [0.25, 0.3) is 0 Å². The van der Waals surface area contributed by atoms with Crippen LogP contribution in [-0.2, 0) is 9.53 Å². The number of unbranched alkanes of at least 4 members (excludes halogenated alkanes) is 10. The zero-order chi connectivity index (χ0) is 18.9. The third kappa shape index (κ3) is 14.1. The van der Waals surface area contributed by atoms with Gasteiger partial charge in [-0.1, -0.05) is 97.5 Å². The van der Waals surface area contributed by atoms with Gasteiger partial charge in [0, 0.05) is 5.57 Å². The predicted molar refractivity (Wildman–Crippen MR) is 110 cm³/mol. The van der Waals surface area contributed by atoms with E-state index in [1.54, 1.807) is 6.92 Å². The Bertz CT molecular complexity index is 319. The van der Waals surface area contributed by atoms with Crippen LogP contribution in [0.2, 0.25) is 0 Å². The van der Waals surface area contributed by atoms with E-state index in [-0.39, 0.29) is 12.1 Å². The summed E-state index contributed by atoms with van der Waals surface area (Å²) in [6.45, 7) is 12.0. The lowest BCUT2D eigenvalue weighted by molar-refractivity contribution is -0.146. The van der Waals surface area contributed by atoms with Crippen LogP contribution in [0, 0.1) is 5.92 Å². The molecule has 0 aliphatic rings. The second kappa shape index (κ2) is 16.7. The highest BCUT2D eigenvalue weighted by molar-refractivity contribution is 5.87. The predicted octanol–water partition coefficient (Wildman–Crippen LogP) is 7.61. The van der Waals surface area contributed by atoms with Gasteiger partial charge in [-0.05, 0) is 32.6 Å². The quantitative estimate of drug-likeness (QED) is 0.153. The summed E-state index contributed by atoms with van der Waals surface area (Å²) < 4.78 is 5.63. The molecule has 0 aromatic rings. The van der Waals surface area contributed by atoms with E-state index in [2.05, 4.69) is 27.4 Å². The molecule has 0 radical (unpaired) electrons. The van der Waals surface area contributed by atoms with Gasteiger partial charge in [-0.15, -0.1) is 0 Å². The number of carbonyl (C=O) groups excluding carboxylic acids is 1. The summed E-state index contributed by atoms with van der Waals surface area (Å²) in [7, 11) is 0. The molecule has 0 heterocycles. The van der Waals surface area contributed by atoms with Gasteiger partial charge in [-0.3, -0.25) is 0 Å². The van der Waals surface area contributed by atoms with Crippen LogP contribution in [0.15, 0.2) is 12.2 Å². The molecule has 0 aliphatic heterocycles. The Hall–Kier alpha value is -0.790. The first-order chi connectivity index (χ1) is 12.0. The highest BCUT2D eigenvalue weighted by atomic mass is 16.5. The molecular weight excluding hydrogens is 308 g/mol. The number of hydrogen-bond donors (Lipinski definition) is 0. The fourth-order valence-electron chi connectivity index (χ4n) is 3.35. The molecule has 0 aromatic carbocycles. The van der Waals surface area contributed by atoms with Gasteiger partial charge < -0.3 is 4.74 Å². The van der Waals surface area contributed by atoms with Crippen molar-refractivity contribution in [3.8, 4) is 0 Å². The van der Waals surface area contributed by atoms with E-state index >= 15 is 0 Å².